The summed E-state index contributed by atoms with van der Waals surface area (Å²) < 4.78 is 0. The molecule has 1 aliphatic carbocycles. The Morgan fingerprint density at radius 1 is 1.33 bits per heavy atom. The van der Waals surface area contributed by atoms with Gasteiger partial charge in [0.05, 0.1) is 5.02 Å². The summed E-state index contributed by atoms with van der Waals surface area (Å²) in [5.41, 5.74) is 0. The minimum atomic E-state index is 0.752. The summed E-state index contributed by atoms with van der Waals surface area (Å²) in [6.45, 7) is 3.30. The molecule has 0 aromatic heterocycles. The average Bonchev–Trinajstić information content (AvgIpc) is 2.80. The third-order valence-corrected chi connectivity index (χ3v) is 5.26. The molecule has 1 saturated carbocycles. The van der Waals surface area contributed by atoms with Crippen LogP contribution in [0.1, 0.15) is 32.6 Å². The third kappa shape index (κ3) is 3.91. The monoisotopic (exact) mass is 283 g/mol. The standard InChI is InChI=1S/C15H22ClNS/c1-2-17-14-8-5-6-12(14)10-11-18-15-9-4-3-7-13(15)16/h3-4,7,9,12,14,17H,2,5-6,8,10-11H2,1H3. The lowest BCUT2D eigenvalue weighted by molar-refractivity contribution is 0.400. The molecule has 2 unspecified atom stereocenters. The zero-order valence-corrected chi connectivity index (χ0v) is 12.6. The summed E-state index contributed by atoms with van der Waals surface area (Å²) in [5.74, 6) is 2.04. The van der Waals surface area contributed by atoms with Gasteiger partial charge in [-0.3, -0.25) is 0 Å². The van der Waals surface area contributed by atoms with Crippen molar-refractivity contribution in [2.24, 2.45) is 5.92 Å². The first kappa shape index (κ1) is 14.2. The van der Waals surface area contributed by atoms with E-state index in [2.05, 4.69) is 24.4 Å². The van der Waals surface area contributed by atoms with Crippen molar-refractivity contribution in [3.63, 3.8) is 0 Å². The van der Waals surface area contributed by atoms with Crippen molar-refractivity contribution in [2.75, 3.05) is 12.3 Å². The van der Waals surface area contributed by atoms with E-state index in [1.165, 1.54) is 36.3 Å². The molecule has 1 aromatic rings. The summed E-state index contributed by atoms with van der Waals surface area (Å²) in [5, 5.41) is 4.51. The molecule has 0 bridgehead atoms. The van der Waals surface area contributed by atoms with Crippen LogP contribution in [0.5, 0.6) is 0 Å². The Labute approximate surface area is 120 Å². The summed E-state index contributed by atoms with van der Waals surface area (Å²) in [6, 6.07) is 8.89. The van der Waals surface area contributed by atoms with Crippen molar-refractivity contribution in [3.8, 4) is 0 Å². The third-order valence-electron chi connectivity index (χ3n) is 3.71. The molecule has 1 fully saturated rings. The van der Waals surface area contributed by atoms with Gasteiger partial charge in [-0.1, -0.05) is 37.1 Å². The summed E-state index contributed by atoms with van der Waals surface area (Å²) >= 11 is 8.06. The van der Waals surface area contributed by atoms with Crippen LogP contribution in [0.15, 0.2) is 29.2 Å². The highest BCUT2D eigenvalue weighted by Gasteiger charge is 2.25. The number of hydrogen-bond acceptors (Lipinski definition) is 2. The van der Waals surface area contributed by atoms with Crippen LogP contribution in [0.25, 0.3) is 0 Å². The van der Waals surface area contributed by atoms with Gasteiger partial charge in [-0.25, -0.2) is 0 Å². The lowest BCUT2D eigenvalue weighted by Gasteiger charge is -2.20. The highest BCUT2D eigenvalue weighted by atomic mass is 35.5. The molecule has 1 aliphatic rings. The molecule has 100 valence electrons. The summed E-state index contributed by atoms with van der Waals surface area (Å²) in [6.07, 6.45) is 5.43. The van der Waals surface area contributed by atoms with E-state index in [0.29, 0.717) is 0 Å². The fourth-order valence-corrected chi connectivity index (χ4v) is 4.12. The predicted octanol–water partition coefficient (Wildman–Crippen LogP) is 4.60. The lowest BCUT2D eigenvalue weighted by atomic mass is 10.0. The molecule has 1 nitrogen and oxygen atoms in total. The van der Waals surface area contributed by atoms with Crippen LogP contribution in [0, 0.1) is 5.92 Å². The Morgan fingerprint density at radius 2 is 2.17 bits per heavy atom. The quantitative estimate of drug-likeness (QED) is 0.766. The Morgan fingerprint density at radius 3 is 2.94 bits per heavy atom. The van der Waals surface area contributed by atoms with Gasteiger partial charge in [0.2, 0.25) is 0 Å². The molecule has 2 atom stereocenters. The van der Waals surface area contributed by atoms with E-state index in [-0.39, 0.29) is 0 Å². The first-order valence-electron chi connectivity index (χ1n) is 6.92. The van der Waals surface area contributed by atoms with E-state index in [4.69, 9.17) is 11.6 Å². The number of rotatable bonds is 6. The second-order valence-electron chi connectivity index (χ2n) is 4.92. The topological polar surface area (TPSA) is 12.0 Å². The van der Waals surface area contributed by atoms with Gasteiger partial charge in [-0.05, 0) is 49.6 Å². The van der Waals surface area contributed by atoms with Crippen molar-refractivity contribution < 1.29 is 0 Å². The van der Waals surface area contributed by atoms with Crippen molar-refractivity contribution in [1.29, 1.82) is 0 Å². The minimum Gasteiger partial charge on any atom is -0.314 e. The predicted molar refractivity (Wildman–Crippen MR) is 81.6 cm³/mol. The molecule has 0 radical (unpaired) electrons. The maximum absolute atomic E-state index is 6.16. The molecule has 2 rings (SSSR count). The normalized spacial score (nSPS) is 23.4. The first-order valence-corrected chi connectivity index (χ1v) is 8.28. The number of benzene rings is 1. The maximum Gasteiger partial charge on any atom is 0.0541 e. The van der Waals surface area contributed by atoms with E-state index < -0.39 is 0 Å². The van der Waals surface area contributed by atoms with Crippen LogP contribution in [0.4, 0.5) is 0 Å². The number of hydrogen-bond donors (Lipinski definition) is 1. The molecule has 0 spiro atoms. The molecule has 0 amide bonds. The van der Waals surface area contributed by atoms with E-state index in [9.17, 15) is 0 Å². The largest absolute Gasteiger partial charge is 0.314 e. The molecule has 3 heteroatoms. The van der Waals surface area contributed by atoms with Gasteiger partial charge in [0.25, 0.3) is 0 Å². The van der Waals surface area contributed by atoms with Gasteiger partial charge in [0, 0.05) is 10.9 Å². The Hall–Kier alpha value is -0.180. The Kier molecular flexibility index (Phi) is 5.87. The van der Waals surface area contributed by atoms with Gasteiger partial charge >= 0.3 is 0 Å². The van der Waals surface area contributed by atoms with Crippen LogP contribution < -0.4 is 5.32 Å². The van der Waals surface area contributed by atoms with Crippen molar-refractivity contribution >= 4 is 23.4 Å². The fourth-order valence-electron chi connectivity index (χ4n) is 2.80. The highest BCUT2D eigenvalue weighted by molar-refractivity contribution is 7.99. The zero-order chi connectivity index (χ0) is 12.8. The van der Waals surface area contributed by atoms with Crippen molar-refractivity contribution in [3.05, 3.63) is 29.3 Å². The second kappa shape index (κ2) is 7.42. The number of thioether (sulfide) groups is 1. The van der Waals surface area contributed by atoms with Crippen molar-refractivity contribution in [1.82, 2.24) is 5.32 Å². The van der Waals surface area contributed by atoms with Crippen LogP contribution in [0.2, 0.25) is 5.02 Å². The average molecular weight is 284 g/mol. The Bertz CT molecular complexity index is 369. The smallest absolute Gasteiger partial charge is 0.0541 e. The second-order valence-corrected chi connectivity index (χ2v) is 6.47. The van der Waals surface area contributed by atoms with Gasteiger partial charge in [-0.15, -0.1) is 11.8 Å². The van der Waals surface area contributed by atoms with E-state index in [1.807, 2.05) is 23.9 Å². The lowest BCUT2D eigenvalue weighted by Crippen LogP contribution is -2.32. The van der Waals surface area contributed by atoms with Gasteiger partial charge < -0.3 is 5.32 Å². The molecule has 0 saturated heterocycles. The number of halogens is 1. The first-order chi connectivity index (χ1) is 8.81. The van der Waals surface area contributed by atoms with Crippen molar-refractivity contribution in [2.45, 2.75) is 43.5 Å². The molecule has 0 aliphatic heterocycles. The molecule has 0 heterocycles. The summed E-state index contributed by atoms with van der Waals surface area (Å²) in [4.78, 5) is 1.22. The minimum absolute atomic E-state index is 0.752. The van der Waals surface area contributed by atoms with Crippen LogP contribution >= 0.6 is 23.4 Å². The van der Waals surface area contributed by atoms with Gasteiger partial charge in [0.15, 0.2) is 0 Å². The summed E-state index contributed by atoms with van der Waals surface area (Å²) in [7, 11) is 0. The van der Waals surface area contributed by atoms with Crippen LogP contribution in [-0.4, -0.2) is 18.3 Å². The van der Waals surface area contributed by atoms with Crippen LogP contribution in [0.3, 0.4) is 0 Å². The molecular formula is C15H22ClNS. The molecule has 18 heavy (non-hydrogen) atoms. The zero-order valence-electron chi connectivity index (χ0n) is 11.0. The van der Waals surface area contributed by atoms with E-state index in [1.54, 1.807) is 0 Å². The molecular weight excluding hydrogens is 262 g/mol. The number of nitrogens with one attached hydrogen (secondary N) is 1. The van der Waals surface area contributed by atoms with Crippen LogP contribution in [-0.2, 0) is 0 Å². The van der Waals surface area contributed by atoms with E-state index >= 15 is 0 Å². The fraction of sp³-hybridized carbons (Fsp3) is 0.600. The Balaban J connectivity index is 1.76. The van der Waals surface area contributed by atoms with E-state index in [0.717, 1.165) is 23.5 Å². The molecule has 1 N–H and O–H groups in total. The van der Waals surface area contributed by atoms with Gasteiger partial charge in [-0.2, -0.15) is 0 Å². The maximum atomic E-state index is 6.16. The molecule has 1 aromatic carbocycles. The highest BCUT2D eigenvalue weighted by Crippen LogP contribution is 2.32. The SMILES string of the molecule is CCNC1CCCC1CCSc1ccccc1Cl. The van der Waals surface area contributed by atoms with Gasteiger partial charge in [0.1, 0.15) is 0 Å².